The van der Waals surface area contributed by atoms with Gasteiger partial charge in [-0.25, -0.2) is 19.9 Å². The molecule has 0 radical (unpaired) electrons. The molecule has 4 aromatic heterocycles. The maximum atomic E-state index is 4.67. The molecular formula is C16H20Cl4Cu2N8. The number of imidazole rings is 4. The van der Waals surface area contributed by atoms with Crippen LogP contribution in [0.25, 0.3) is 23.3 Å². The van der Waals surface area contributed by atoms with Gasteiger partial charge in [-0.1, -0.05) is 0 Å². The Morgan fingerprint density at radius 1 is 0.500 bits per heavy atom. The molecule has 30 heavy (non-hydrogen) atoms. The summed E-state index contributed by atoms with van der Waals surface area (Å²) in [5.41, 5.74) is 0. The summed E-state index contributed by atoms with van der Waals surface area (Å²) >= 11 is 1.51. The molecule has 0 saturated heterocycles. The van der Waals surface area contributed by atoms with Crippen LogP contribution in [0.5, 0.6) is 0 Å². The van der Waals surface area contributed by atoms with Crippen LogP contribution in [0.15, 0.2) is 49.6 Å². The average molecular weight is 593 g/mol. The number of hydrogen-bond acceptors (Lipinski definition) is 4. The SMILES string of the molecule is Cn1ccnc1-c1nccn1C.Cn1ccnc1-c1nccn1C.[Cl][Cu][Cl].[Cl][Cu][Cl]. The normalized spacial score (nSPS) is 9.87. The molecule has 174 valence electrons. The summed E-state index contributed by atoms with van der Waals surface area (Å²) in [4.78, 5) is 16.8. The van der Waals surface area contributed by atoms with Crippen molar-refractivity contribution in [1.82, 2.24) is 38.2 Å². The molecule has 0 amide bonds. The summed E-state index contributed by atoms with van der Waals surface area (Å²) in [7, 11) is 26.5. The van der Waals surface area contributed by atoms with Crippen molar-refractivity contribution in [3.8, 4) is 23.3 Å². The zero-order valence-electron chi connectivity index (χ0n) is 16.3. The van der Waals surface area contributed by atoms with E-state index in [9.17, 15) is 0 Å². The second-order valence-electron chi connectivity index (χ2n) is 5.53. The van der Waals surface area contributed by atoms with E-state index >= 15 is 0 Å². The van der Waals surface area contributed by atoms with Crippen LogP contribution in [0.1, 0.15) is 0 Å². The van der Waals surface area contributed by atoms with E-state index in [2.05, 4.69) is 60.3 Å². The third-order valence-electron chi connectivity index (χ3n) is 3.68. The number of halogens is 4. The molecule has 0 bridgehead atoms. The zero-order chi connectivity index (χ0) is 22.5. The fourth-order valence-electron chi connectivity index (χ4n) is 2.32. The van der Waals surface area contributed by atoms with Crippen LogP contribution in [0.3, 0.4) is 0 Å². The van der Waals surface area contributed by atoms with Gasteiger partial charge in [0.25, 0.3) is 0 Å². The predicted molar refractivity (Wildman–Crippen MR) is 114 cm³/mol. The van der Waals surface area contributed by atoms with E-state index in [4.69, 9.17) is 0 Å². The molecule has 0 aliphatic carbocycles. The van der Waals surface area contributed by atoms with Gasteiger partial charge in [0.1, 0.15) is 0 Å². The topological polar surface area (TPSA) is 71.3 Å². The molecule has 0 aromatic carbocycles. The van der Waals surface area contributed by atoms with Crippen LogP contribution in [-0.4, -0.2) is 38.2 Å². The van der Waals surface area contributed by atoms with E-state index in [1.54, 1.807) is 24.8 Å². The Morgan fingerprint density at radius 3 is 0.767 bits per heavy atom. The van der Waals surface area contributed by atoms with Gasteiger partial charge in [-0.2, -0.15) is 0 Å². The van der Waals surface area contributed by atoms with Crippen molar-refractivity contribution < 1.29 is 26.3 Å². The third-order valence-corrected chi connectivity index (χ3v) is 3.68. The first-order valence-corrected chi connectivity index (χ1v) is 13.1. The van der Waals surface area contributed by atoms with Gasteiger partial charge in [-0.05, 0) is 0 Å². The fraction of sp³-hybridized carbons (Fsp3) is 0.250. The average Bonchev–Trinajstić information content (AvgIpc) is 3.47. The second-order valence-corrected chi connectivity index (χ2v) is 8.64. The summed E-state index contributed by atoms with van der Waals surface area (Å²) < 4.78 is 7.79. The number of aromatic nitrogens is 8. The van der Waals surface area contributed by atoms with Crippen LogP contribution in [0.4, 0.5) is 0 Å². The fourth-order valence-corrected chi connectivity index (χ4v) is 2.32. The van der Waals surface area contributed by atoms with Crippen molar-refractivity contribution >= 4 is 40.4 Å². The number of aryl methyl sites for hydroxylation is 4. The first kappa shape index (κ1) is 27.1. The van der Waals surface area contributed by atoms with Crippen molar-refractivity contribution in [3.63, 3.8) is 0 Å². The Morgan fingerprint density at radius 2 is 0.667 bits per heavy atom. The standard InChI is InChI=1S/2C8H10N4.4ClH.2Cu/c2*1-11-5-3-9-7(11)8-10-4-6-12(8)2;;;;;;/h2*3-6H,1-2H3;4*1H;;/q;;;;;;2*+2/p-4. The molecule has 0 saturated carbocycles. The Hall–Kier alpha value is -0.961. The van der Waals surface area contributed by atoms with Crippen molar-refractivity contribution in [1.29, 1.82) is 0 Å². The van der Waals surface area contributed by atoms with Gasteiger partial charge in [-0.3, -0.25) is 0 Å². The van der Waals surface area contributed by atoms with E-state index in [0.717, 1.165) is 49.6 Å². The minimum atomic E-state index is 0.757. The summed E-state index contributed by atoms with van der Waals surface area (Å²) in [5.74, 6) is 3.56. The van der Waals surface area contributed by atoms with E-state index in [1.807, 2.05) is 71.2 Å². The first-order chi connectivity index (χ1) is 14.4. The van der Waals surface area contributed by atoms with Crippen LogP contribution in [0.2, 0.25) is 0 Å². The van der Waals surface area contributed by atoms with Crippen LogP contribution < -0.4 is 0 Å². The van der Waals surface area contributed by atoms with E-state index in [1.165, 1.54) is 0 Å². The zero-order valence-corrected chi connectivity index (χ0v) is 21.2. The molecule has 4 aromatic rings. The number of rotatable bonds is 2. The molecule has 0 atom stereocenters. The van der Waals surface area contributed by atoms with Crippen LogP contribution in [-0.2, 0) is 54.5 Å². The molecule has 4 heterocycles. The Balaban J connectivity index is 0.000000239. The summed E-state index contributed by atoms with van der Waals surface area (Å²) in [6.07, 6.45) is 14.7. The van der Waals surface area contributed by atoms with Gasteiger partial charge < -0.3 is 18.3 Å². The molecule has 4 rings (SSSR count). The Kier molecular flexibility index (Phi) is 13.5. The molecule has 0 aliphatic heterocycles. The van der Waals surface area contributed by atoms with Gasteiger partial charge in [0.05, 0.1) is 0 Å². The molecule has 14 heteroatoms. The molecule has 8 nitrogen and oxygen atoms in total. The number of hydrogen-bond donors (Lipinski definition) is 0. The van der Waals surface area contributed by atoms with E-state index < -0.39 is 0 Å². The molecular weight excluding hydrogens is 573 g/mol. The van der Waals surface area contributed by atoms with Gasteiger partial charge in [0.2, 0.25) is 0 Å². The molecule has 0 fully saturated rings. The maximum absolute atomic E-state index is 4.67. The molecule has 0 unspecified atom stereocenters. The van der Waals surface area contributed by atoms with Gasteiger partial charge >= 0.3 is 66.7 Å². The molecule has 0 aliphatic rings. The van der Waals surface area contributed by atoms with Gasteiger partial charge in [0, 0.05) is 77.8 Å². The predicted octanol–water partition coefficient (Wildman–Crippen LogP) is 4.39. The summed E-state index contributed by atoms with van der Waals surface area (Å²) in [6.45, 7) is 0. The van der Waals surface area contributed by atoms with Crippen molar-refractivity contribution in [2.45, 2.75) is 0 Å². The summed E-state index contributed by atoms with van der Waals surface area (Å²) in [5, 5.41) is 0. The van der Waals surface area contributed by atoms with Crippen molar-refractivity contribution in [2.75, 3.05) is 0 Å². The van der Waals surface area contributed by atoms with Gasteiger partial charge in [-0.15, -0.1) is 0 Å². The molecule has 0 spiro atoms. The summed E-state index contributed by atoms with van der Waals surface area (Å²) in [6, 6.07) is 0. The van der Waals surface area contributed by atoms with Gasteiger partial charge in [0.15, 0.2) is 23.3 Å². The van der Waals surface area contributed by atoms with Crippen molar-refractivity contribution in [2.24, 2.45) is 28.2 Å². The minimum absolute atomic E-state index is 0.757. The van der Waals surface area contributed by atoms with Crippen LogP contribution in [0, 0.1) is 0 Å². The van der Waals surface area contributed by atoms with E-state index in [0.29, 0.717) is 0 Å². The quantitative estimate of drug-likeness (QED) is 0.324. The Labute approximate surface area is 204 Å². The van der Waals surface area contributed by atoms with E-state index in [-0.39, 0.29) is 0 Å². The monoisotopic (exact) mass is 590 g/mol. The number of nitrogens with zero attached hydrogens (tertiary/aromatic N) is 8. The Bertz CT molecular complexity index is 826. The van der Waals surface area contributed by atoms with Crippen molar-refractivity contribution in [3.05, 3.63) is 49.6 Å². The second kappa shape index (κ2) is 14.9. The third kappa shape index (κ3) is 8.29. The molecule has 0 N–H and O–H groups in total. The first-order valence-electron chi connectivity index (χ1n) is 7.93. The van der Waals surface area contributed by atoms with Crippen LogP contribution >= 0.6 is 40.4 Å².